The van der Waals surface area contributed by atoms with Gasteiger partial charge in [0, 0.05) is 49.1 Å². The fourth-order valence-corrected chi connectivity index (χ4v) is 19.9. The van der Waals surface area contributed by atoms with Gasteiger partial charge in [0.25, 0.3) is 0 Å². The van der Waals surface area contributed by atoms with Crippen LogP contribution in [0.3, 0.4) is 0 Å². The number of nitrogens with zero attached hydrogens (tertiary/aromatic N) is 1. The molecular weight excluding hydrogens is 763 g/mol. The number of hydrogen-bond donors (Lipinski definition) is 1. The van der Waals surface area contributed by atoms with Gasteiger partial charge < -0.3 is 14.0 Å². The number of para-hydroxylation sites is 2. The van der Waals surface area contributed by atoms with Crippen LogP contribution in [0.5, 0.6) is 0 Å². The molecule has 3 aromatic heterocycles. The highest BCUT2D eigenvalue weighted by Crippen LogP contribution is 2.93. The number of benzene rings is 6. The molecular formula is C59H49BN2O. The smallest absolute Gasteiger partial charge is 0.198 e. The van der Waals surface area contributed by atoms with Gasteiger partial charge in [0.05, 0.1) is 11.0 Å². The molecule has 0 amide bonds. The maximum atomic E-state index is 6.80. The molecule has 6 aromatic carbocycles. The Labute approximate surface area is 367 Å². The van der Waals surface area contributed by atoms with Crippen LogP contribution in [0.25, 0.3) is 82.7 Å². The Morgan fingerprint density at radius 1 is 0.603 bits per heavy atom. The minimum Gasteiger partial charge on any atom is -0.454 e. The lowest BCUT2D eigenvalue weighted by Gasteiger charge is -2.91. The minimum atomic E-state index is 0.349. The Morgan fingerprint density at radius 2 is 1.29 bits per heavy atom. The van der Waals surface area contributed by atoms with E-state index >= 15 is 0 Å². The monoisotopic (exact) mass is 812 g/mol. The fourth-order valence-electron chi connectivity index (χ4n) is 19.9. The largest absolute Gasteiger partial charge is 0.454 e. The summed E-state index contributed by atoms with van der Waals surface area (Å²) in [5.74, 6) is 5.90. The second-order valence-corrected chi connectivity index (χ2v) is 23.2. The molecule has 8 aliphatic carbocycles. The Hall–Kier alpha value is -5.48. The van der Waals surface area contributed by atoms with E-state index in [1.807, 2.05) is 0 Å². The molecule has 9 aliphatic rings. The Balaban J connectivity index is 0.948. The summed E-state index contributed by atoms with van der Waals surface area (Å²) in [7, 11) is 0.893. The van der Waals surface area contributed by atoms with Gasteiger partial charge in [-0.2, -0.15) is 0 Å². The molecule has 4 heteroatoms. The molecule has 304 valence electrons. The van der Waals surface area contributed by atoms with Crippen LogP contribution in [0.2, 0.25) is 0 Å². The molecule has 8 saturated carbocycles. The third-order valence-corrected chi connectivity index (χ3v) is 21.7. The molecule has 63 heavy (non-hydrogen) atoms. The van der Waals surface area contributed by atoms with E-state index in [4.69, 9.17) is 4.42 Å². The van der Waals surface area contributed by atoms with Crippen molar-refractivity contribution in [2.45, 2.75) is 83.0 Å². The van der Waals surface area contributed by atoms with Crippen molar-refractivity contribution in [2.24, 2.45) is 46.3 Å². The average molecular weight is 813 g/mol. The van der Waals surface area contributed by atoms with Gasteiger partial charge in [0.15, 0.2) is 12.9 Å². The first-order chi connectivity index (χ1) is 30.8. The third-order valence-electron chi connectivity index (χ3n) is 21.7. The highest BCUT2D eigenvalue weighted by atomic mass is 16.3. The lowest BCUT2D eigenvalue weighted by molar-refractivity contribution is -0.395. The van der Waals surface area contributed by atoms with E-state index in [-0.39, 0.29) is 0 Å². The topological polar surface area (TPSA) is 33.9 Å². The van der Waals surface area contributed by atoms with Crippen LogP contribution in [0.1, 0.15) is 79.2 Å². The van der Waals surface area contributed by atoms with Gasteiger partial charge in [-0.1, -0.05) is 53.5 Å². The summed E-state index contributed by atoms with van der Waals surface area (Å²) < 4.78 is 9.41. The number of fused-ring (bicyclic) bond motifs is 10. The first kappa shape index (κ1) is 33.1. The summed E-state index contributed by atoms with van der Waals surface area (Å²) >= 11 is 0. The maximum absolute atomic E-state index is 6.80. The molecule has 18 rings (SSSR count). The number of aromatic amines is 1. The summed E-state index contributed by atoms with van der Waals surface area (Å²) in [5, 5.41) is 5.34. The van der Waals surface area contributed by atoms with E-state index in [9.17, 15) is 0 Å². The van der Waals surface area contributed by atoms with Crippen LogP contribution in [-0.4, -0.2) is 16.8 Å². The quantitative estimate of drug-likeness (QED) is 0.177. The van der Waals surface area contributed by atoms with Crippen molar-refractivity contribution in [3.63, 3.8) is 0 Å². The van der Waals surface area contributed by atoms with Crippen LogP contribution < -0.4 is 10.9 Å². The summed E-state index contributed by atoms with van der Waals surface area (Å²) in [5.41, 5.74) is 26.1. The summed E-state index contributed by atoms with van der Waals surface area (Å²) in [4.78, 5) is 4.19. The Kier molecular flexibility index (Phi) is 5.21. The maximum Gasteiger partial charge on any atom is 0.198 e. The molecule has 4 atom stereocenters. The molecule has 0 saturated heterocycles. The summed E-state index contributed by atoms with van der Waals surface area (Å²) in [6.45, 7) is 6.89. The zero-order valence-corrected chi connectivity index (χ0v) is 36.4. The van der Waals surface area contributed by atoms with E-state index < -0.39 is 0 Å². The third kappa shape index (κ3) is 3.16. The number of aryl methyl sites for hydroxylation is 3. The second kappa shape index (κ2) is 9.92. The van der Waals surface area contributed by atoms with Crippen molar-refractivity contribution in [2.75, 3.05) is 0 Å². The van der Waals surface area contributed by atoms with Crippen molar-refractivity contribution in [3.8, 4) is 27.9 Å². The highest BCUT2D eigenvalue weighted by Gasteiger charge is 2.88. The van der Waals surface area contributed by atoms with E-state index in [1.165, 1.54) is 151 Å². The number of nitrogens with one attached hydrogen (secondary N) is 1. The first-order valence-corrected chi connectivity index (χ1v) is 24.6. The standard InChI is InChI=1S/C59H49BN2O/c1-28-13-29(2)50(30(3)14-28)31-15-43(51-48(16-31)62-53-41(8-6-9-46(53)60-51)55-54(62)40-7-4-5-10-49(40)63-55)45-23-33(57-26-38-19-35-20-39(27-57)59(35,38)57)22-44-42-21-32(11-12-47(42)61-52(44)45)56-24-36-17-34-18-37(25-56)58(34,36)56/h4-16,21-23,34-39,60-61H,17-20,24-27H2,1-3H3. The van der Waals surface area contributed by atoms with E-state index in [1.54, 1.807) is 11.1 Å². The highest BCUT2D eigenvalue weighted by molar-refractivity contribution is 6.73. The van der Waals surface area contributed by atoms with Gasteiger partial charge in [-0.05, 0) is 217 Å². The average Bonchev–Trinajstić information content (AvgIpc) is 3.88. The zero-order valence-electron chi connectivity index (χ0n) is 36.4. The molecule has 2 spiro atoms. The number of rotatable bonds is 4. The van der Waals surface area contributed by atoms with Gasteiger partial charge in [0.1, 0.15) is 11.1 Å². The normalized spacial score (nSPS) is 34.8. The van der Waals surface area contributed by atoms with Crippen LogP contribution in [-0.2, 0) is 10.8 Å². The number of hydrogen-bond acceptors (Lipinski definition) is 1. The minimum absolute atomic E-state index is 0.349. The van der Waals surface area contributed by atoms with Crippen molar-refractivity contribution in [1.82, 2.24) is 9.55 Å². The van der Waals surface area contributed by atoms with Gasteiger partial charge in [0.2, 0.25) is 0 Å². The van der Waals surface area contributed by atoms with Gasteiger partial charge >= 0.3 is 0 Å². The molecule has 1 N–H and O–H groups in total. The molecule has 8 fully saturated rings. The van der Waals surface area contributed by atoms with Gasteiger partial charge in [-0.15, -0.1) is 0 Å². The molecule has 4 heterocycles. The Bertz CT molecular complexity index is 3670. The number of aromatic nitrogens is 2. The molecule has 4 unspecified atom stereocenters. The lowest BCUT2D eigenvalue weighted by Crippen LogP contribution is -2.87. The molecule has 1 aliphatic heterocycles. The van der Waals surface area contributed by atoms with Gasteiger partial charge in [-0.25, -0.2) is 0 Å². The summed E-state index contributed by atoms with van der Waals surface area (Å²) in [6.07, 6.45) is 11.7. The van der Waals surface area contributed by atoms with E-state index in [0.29, 0.717) is 21.7 Å². The summed E-state index contributed by atoms with van der Waals surface area (Å²) in [6, 6.07) is 38.8. The predicted molar refractivity (Wildman–Crippen MR) is 258 cm³/mol. The van der Waals surface area contributed by atoms with Crippen LogP contribution in [0, 0.1) is 67.1 Å². The van der Waals surface area contributed by atoms with Crippen molar-refractivity contribution in [3.05, 3.63) is 125 Å². The first-order valence-electron chi connectivity index (χ1n) is 24.6. The number of furan rings is 1. The van der Waals surface area contributed by atoms with E-state index in [0.717, 1.165) is 54.0 Å². The van der Waals surface area contributed by atoms with Crippen LogP contribution in [0.15, 0.2) is 101 Å². The van der Waals surface area contributed by atoms with E-state index in [2.05, 4.69) is 127 Å². The zero-order chi connectivity index (χ0) is 40.8. The Morgan fingerprint density at radius 3 is 2.00 bits per heavy atom. The second-order valence-electron chi connectivity index (χ2n) is 23.2. The molecule has 0 radical (unpaired) electrons. The lowest BCUT2D eigenvalue weighted by atomic mass is 9.12. The fraction of sp³-hybridized carbons (Fsp3) is 0.356. The SMILES string of the molecule is Cc1cc(C)c(-c2cc(-c3cc(C45CC6CC7CC(C4)C765)cc4c3[nH]c3ccc(C56CC7CC8CC(C5)C876)cc34)c3c(c2)-n2c4c(cccc4c4oc5ccccc5c42)B3)c(C)c1. The van der Waals surface area contributed by atoms with Crippen LogP contribution >= 0.6 is 0 Å². The van der Waals surface area contributed by atoms with Gasteiger partial charge in [-0.3, -0.25) is 0 Å². The molecule has 3 nitrogen and oxygen atoms in total. The van der Waals surface area contributed by atoms with Crippen LogP contribution in [0.4, 0.5) is 0 Å². The number of H-pyrrole nitrogens is 1. The molecule has 9 aromatic rings. The predicted octanol–water partition coefficient (Wildman–Crippen LogP) is 12.5. The van der Waals surface area contributed by atoms with Crippen molar-refractivity contribution in [1.29, 1.82) is 0 Å². The van der Waals surface area contributed by atoms with Crippen molar-refractivity contribution < 1.29 is 4.42 Å². The molecule has 0 bridgehead atoms. The van der Waals surface area contributed by atoms with Crippen molar-refractivity contribution >= 4 is 73.0 Å².